The number of hydrogen-bond donors (Lipinski definition) is 2. The van der Waals surface area contributed by atoms with Gasteiger partial charge < -0.3 is 15.8 Å². The van der Waals surface area contributed by atoms with Crippen LogP contribution in [-0.2, 0) is 4.79 Å². The van der Waals surface area contributed by atoms with Gasteiger partial charge in [0.25, 0.3) is 5.91 Å². The Hall–Kier alpha value is -1.55. The van der Waals surface area contributed by atoms with Crippen molar-refractivity contribution in [3.63, 3.8) is 0 Å². The molecule has 0 heterocycles. The molecule has 1 aromatic rings. The third kappa shape index (κ3) is 4.75. The summed E-state index contributed by atoms with van der Waals surface area (Å²) in [6.07, 6.45) is 1.84. The molecule has 0 atom stereocenters. The van der Waals surface area contributed by atoms with Crippen LogP contribution in [0.25, 0.3) is 0 Å². The van der Waals surface area contributed by atoms with Gasteiger partial charge in [0.05, 0.1) is 0 Å². The quantitative estimate of drug-likeness (QED) is 0.721. The number of hydrogen-bond acceptors (Lipinski definition) is 3. The highest BCUT2D eigenvalue weighted by Gasteiger charge is 2.05. The topological polar surface area (TPSA) is 64.3 Å². The van der Waals surface area contributed by atoms with E-state index >= 15 is 0 Å². The Labute approximate surface area is 109 Å². The Balaban J connectivity index is 2.32. The van der Waals surface area contributed by atoms with Gasteiger partial charge in [0.15, 0.2) is 6.61 Å². The number of carbonyl (C=O) groups is 1. The number of carbonyl (C=O) groups excluding carboxylic acids is 1. The minimum Gasteiger partial charge on any atom is -0.483 e. The molecular weight excluding hydrogens is 228 g/mol. The zero-order valence-corrected chi connectivity index (χ0v) is 11.2. The van der Waals surface area contributed by atoms with E-state index in [4.69, 9.17) is 10.5 Å². The Morgan fingerprint density at radius 2 is 2.11 bits per heavy atom. The summed E-state index contributed by atoms with van der Waals surface area (Å²) < 4.78 is 5.50. The van der Waals surface area contributed by atoms with Gasteiger partial charge in [-0.2, -0.15) is 0 Å². The smallest absolute Gasteiger partial charge is 0.257 e. The second-order valence-electron chi connectivity index (χ2n) is 4.33. The van der Waals surface area contributed by atoms with Crippen LogP contribution in [0.2, 0.25) is 0 Å². The lowest BCUT2D eigenvalue weighted by Gasteiger charge is -2.10. The summed E-state index contributed by atoms with van der Waals surface area (Å²) >= 11 is 0. The van der Waals surface area contributed by atoms with E-state index in [0.717, 1.165) is 29.7 Å². The minimum absolute atomic E-state index is 0.0624. The van der Waals surface area contributed by atoms with Crippen molar-refractivity contribution in [2.45, 2.75) is 26.7 Å². The van der Waals surface area contributed by atoms with Crippen molar-refractivity contribution in [2.75, 3.05) is 19.7 Å². The normalized spacial score (nSPS) is 10.2. The summed E-state index contributed by atoms with van der Waals surface area (Å²) in [7, 11) is 0. The fourth-order valence-corrected chi connectivity index (χ4v) is 1.57. The average Bonchev–Trinajstić information content (AvgIpc) is 2.36. The molecule has 0 spiro atoms. The fourth-order valence-electron chi connectivity index (χ4n) is 1.57. The van der Waals surface area contributed by atoms with E-state index < -0.39 is 0 Å². The van der Waals surface area contributed by atoms with Crippen LogP contribution in [0.1, 0.15) is 24.0 Å². The number of benzene rings is 1. The molecule has 0 fully saturated rings. The molecular formula is C14H22N2O2. The van der Waals surface area contributed by atoms with Crippen molar-refractivity contribution in [3.05, 3.63) is 29.3 Å². The van der Waals surface area contributed by atoms with Crippen LogP contribution >= 0.6 is 0 Å². The minimum atomic E-state index is -0.0899. The Morgan fingerprint density at radius 1 is 1.33 bits per heavy atom. The second-order valence-corrected chi connectivity index (χ2v) is 4.33. The van der Waals surface area contributed by atoms with Crippen LogP contribution < -0.4 is 15.8 Å². The molecule has 18 heavy (non-hydrogen) atoms. The summed E-state index contributed by atoms with van der Waals surface area (Å²) in [5.41, 5.74) is 7.61. The van der Waals surface area contributed by atoms with Gasteiger partial charge in [-0.15, -0.1) is 0 Å². The molecule has 0 aliphatic heterocycles. The molecule has 1 amide bonds. The van der Waals surface area contributed by atoms with Crippen LogP contribution in [0.4, 0.5) is 0 Å². The Bertz CT molecular complexity index is 391. The predicted octanol–water partition coefficient (Wildman–Crippen LogP) is 1.54. The molecule has 0 saturated heterocycles. The van der Waals surface area contributed by atoms with Crippen molar-refractivity contribution in [1.82, 2.24) is 5.32 Å². The van der Waals surface area contributed by atoms with Crippen LogP contribution in [0.5, 0.6) is 5.75 Å². The van der Waals surface area contributed by atoms with E-state index in [1.807, 2.05) is 32.0 Å². The number of unbranched alkanes of at least 4 members (excludes halogenated alkanes) is 1. The molecule has 4 heteroatoms. The highest BCUT2D eigenvalue weighted by atomic mass is 16.5. The van der Waals surface area contributed by atoms with Crippen LogP contribution in [0, 0.1) is 13.8 Å². The standard InChI is InChI=1S/C14H22N2O2/c1-11-6-5-7-13(12(11)2)18-10-14(17)16-9-4-3-8-15/h5-7H,3-4,8-10,15H2,1-2H3,(H,16,17). The van der Waals surface area contributed by atoms with E-state index in [-0.39, 0.29) is 12.5 Å². The number of amides is 1. The van der Waals surface area contributed by atoms with Crippen LogP contribution in [0.15, 0.2) is 18.2 Å². The van der Waals surface area contributed by atoms with Gasteiger partial charge in [0, 0.05) is 6.54 Å². The van der Waals surface area contributed by atoms with Crippen molar-refractivity contribution < 1.29 is 9.53 Å². The maximum atomic E-state index is 11.5. The van der Waals surface area contributed by atoms with Crippen molar-refractivity contribution >= 4 is 5.91 Å². The number of nitrogens with one attached hydrogen (secondary N) is 1. The first-order valence-corrected chi connectivity index (χ1v) is 6.31. The molecule has 0 aromatic heterocycles. The van der Waals surface area contributed by atoms with Crippen molar-refractivity contribution in [1.29, 1.82) is 0 Å². The predicted molar refractivity (Wildman–Crippen MR) is 72.7 cm³/mol. The van der Waals surface area contributed by atoms with Crippen LogP contribution in [-0.4, -0.2) is 25.6 Å². The summed E-state index contributed by atoms with van der Waals surface area (Å²) in [5.74, 6) is 0.681. The Kier molecular flexibility index (Phi) is 6.22. The molecule has 4 nitrogen and oxygen atoms in total. The zero-order valence-electron chi connectivity index (χ0n) is 11.2. The molecule has 0 saturated carbocycles. The van der Waals surface area contributed by atoms with Gasteiger partial charge in [0.1, 0.15) is 5.75 Å². The number of aryl methyl sites for hydroxylation is 1. The summed E-state index contributed by atoms with van der Waals surface area (Å²) in [5, 5.41) is 2.80. The van der Waals surface area contributed by atoms with Gasteiger partial charge in [-0.3, -0.25) is 4.79 Å². The molecule has 1 aromatic carbocycles. The highest BCUT2D eigenvalue weighted by molar-refractivity contribution is 5.77. The first kappa shape index (κ1) is 14.5. The lowest BCUT2D eigenvalue weighted by Crippen LogP contribution is -2.30. The first-order valence-electron chi connectivity index (χ1n) is 6.31. The largest absolute Gasteiger partial charge is 0.483 e. The molecule has 0 aliphatic carbocycles. The molecule has 1 rings (SSSR count). The second kappa shape index (κ2) is 7.71. The maximum Gasteiger partial charge on any atom is 0.257 e. The summed E-state index contributed by atoms with van der Waals surface area (Å²) in [4.78, 5) is 11.5. The van der Waals surface area contributed by atoms with E-state index in [2.05, 4.69) is 5.32 Å². The van der Waals surface area contributed by atoms with Gasteiger partial charge in [0.2, 0.25) is 0 Å². The first-order chi connectivity index (χ1) is 8.65. The van der Waals surface area contributed by atoms with Gasteiger partial charge in [-0.25, -0.2) is 0 Å². The number of rotatable bonds is 7. The third-order valence-electron chi connectivity index (χ3n) is 2.87. The van der Waals surface area contributed by atoms with Crippen molar-refractivity contribution in [3.8, 4) is 5.75 Å². The average molecular weight is 250 g/mol. The van der Waals surface area contributed by atoms with Gasteiger partial charge in [-0.05, 0) is 50.4 Å². The summed E-state index contributed by atoms with van der Waals surface area (Å²) in [6, 6.07) is 5.83. The van der Waals surface area contributed by atoms with Crippen molar-refractivity contribution in [2.24, 2.45) is 5.73 Å². The highest BCUT2D eigenvalue weighted by Crippen LogP contribution is 2.20. The van der Waals surface area contributed by atoms with Gasteiger partial charge in [-0.1, -0.05) is 12.1 Å². The van der Waals surface area contributed by atoms with Crippen LogP contribution in [0.3, 0.4) is 0 Å². The maximum absolute atomic E-state index is 11.5. The fraction of sp³-hybridized carbons (Fsp3) is 0.500. The lowest BCUT2D eigenvalue weighted by atomic mass is 10.1. The number of nitrogens with two attached hydrogens (primary N) is 1. The van der Waals surface area contributed by atoms with E-state index in [0.29, 0.717) is 13.1 Å². The molecule has 0 radical (unpaired) electrons. The lowest BCUT2D eigenvalue weighted by molar-refractivity contribution is -0.123. The molecule has 0 bridgehead atoms. The Morgan fingerprint density at radius 3 is 2.83 bits per heavy atom. The molecule has 0 aliphatic rings. The van der Waals surface area contributed by atoms with E-state index in [9.17, 15) is 4.79 Å². The molecule has 3 N–H and O–H groups in total. The number of ether oxygens (including phenoxy) is 1. The molecule has 0 unspecified atom stereocenters. The monoisotopic (exact) mass is 250 g/mol. The van der Waals surface area contributed by atoms with Gasteiger partial charge >= 0.3 is 0 Å². The SMILES string of the molecule is Cc1cccc(OCC(=O)NCCCCN)c1C. The third-order valence-corrected chi connectivity index (χ3v) is 2.87. The van der Waals surface area contributed by atoms with E-state index in [1.54, 1.807) is 0 Å². The van der Waals surface area contributed by atoms with E-state index in [1.165, 1.54) is 0 Å². The summed E-state index contributed by atoms with van der Waals surface area (Å²) in [6.45, 7) is 5.40. The molecule has 100 valence electrons. The zero-order chi connectivity index (χ0) is 13.4.